The van der Waals surface area contributed by atoms with E-state index in [0.29, 0.717) is 5.02 Å². The van der Waals surface area contributed by atoms with Gasteiger partial charge in [-0.2, -0.15) is 0 Å². The van der Waals surface area contributed by atoms with Crippen LogP contribution in [0.25, 0.3) is 16.9 Å². The maximum absolute atomic E-state index is 6.21. The van der Waals surface area contributed by atoms with E-state index in [4.69, 9.17) is 21.3 Å². The fourth-order valence-electron chi connectivity index (χ4n) is 2.76. The summed E-state index contributed by atoms with van der Waals surface area (Å²) in [6.07, 6.45) is 1.86. The second-order valence-corrected chi connectivity index (χ2v) is 7.10. The summed E-state index contributed by atoms with van der Waals surface area (Å²) in [5.41, 5.74) is 3.62. The van der Waals surface area contributed by atoms with Crippen molar-refractivity contribution in [1.82, 2.24) is 9.38 Å². The van der Waals surface area contributed by atoms with E-state index >= 15 is 0 Å². The smallest absolute Gasteiger partial charge is 0.143 e. The molecule has 0 spiro atoms. The van der Waals surface area contributed by atoms with E-state index in [1.165, 1.54) is 0 Å². The van der Waals surface area contributed by atoms with Crippen LogP contribution in [0.1, 0.15) is 0 Å². The molecule has 0 aliphatic heterocycles. The predicted octanol–water partition coefficient (Wildman–Crippen LogP) is 6.17. The number of methoxy groups -OCH3 is 1. The molecule has 0 saturated carbocycles. The van der Waals surface area contributed by atoms with E-state index in [0.717, 1.165) is 38.6 Å². The molecule has 2 heterocycles. The minimum absolute atomic E-state index is 0.648. The summed E-state index contributed by atoms with van der Waals surface area (Å²) in [6.45, 7) is 0. The second-order valence-electron chi connectivity index (χ2n) is 5.74. The number of imidazole rings is 1. The van der Waals surface area contributed by atoms with Crippen molar-refractivity contribution in [3.63, 3.8) is 0 Å². The first-order chi connectivity index (χ1) is 12.6. The number of fused-ring (bicyclic) bond motifs is 1. The van der Waals surface area contributed by atoms with Crippen LogP contribution in [0.5, 0.6) is 5.75 Å². The summed E-state index contributed by atoms with van der Waals surface area (Å²) in [4.78, 5) is 4.78. The molecule has 2 aromatic carbocycles. The Hall–Kier alpha value is -2.50. The Bertz CT molecular complexity index is 1060. The van der Waals surface area contributed by atoms with Crippen LogP contribution in [0, 0.1) is 0 Å². The number of halogens is 2. The molecule has 6 heteroatoms. The molecule has 2 aromatic heterocycles. The van der Waals surface area contributed by atoms with Crippen LogP contribution in [0.3, 0.4) is 0 Å². The third kappa shape index (κ3) is 3.28. The number of benzene rings is 2. The van der Waals surface area contributed by atoms with Crippen molar-refractivity contribution >= 4 is 44.7 Å². The summed E-state index contributed by atoms with van der Waals surface area (Å²) in [6, 6.07) is 19.6. The SMILES string of the molecule is COc1ccc(-c2nc3ccc(Cl)cn3c2Nc2ccc(Br)cc2)cc1. The lowest BCUT2D eigenvalue weighted by Gasteiger charge is -2.10. The highest BCUT2D eigenvalue weighted by molar-refractivity contribution is 9.10. The summed E-state index contributed by atoms with van der Waals surface area (Å²) >= 11 is 9.67. The number of pyridine rings is 1. The summed E-state index contributed by atoms with van der Waals surface area (Å²) in [5, 5.41) is 4.11. The van der Waals surface area contributed by atoms with Crippen LogP contribution < -0.4 is 10.1 Å². The molecule has 4 rings (SSSR count). The van der Waals surface area contributed by atoms with Gasteiger partial charge < -0.3 is 10.1 Å². The zero-order valence-electron chi connectivity index (χ0n) is 13.9. The number of hydrogen-bond acceptors (Lipinski definition) is 3. The molecular formula is C20H15BrClN3O. The third-order valence-electron chi connectivity index (χ3n) is 4.05. The standard InChI is InChI=1S/C20H15BrClN3O/c1-26-17-9-2-13(3-10-17)19-20(23-16-7-4-14(21)5-8-16)25-12-15(22)6-11-18(25)24-19/h2-12,23H,1H3. The van der Waals surface area contributed by atoms with Gasteiger partial charge in [0.15, 0.2) is 0 Å². The fourth-order valence-corrected chi connectivity index (χ4v) is 3.18. The highest BCUT2D eigenvalue weighted by Gasteiger charge is 2.15. The van der Waals surface area contributed by atoms with E-state index in [2.05, 4.69) is 21.2 Å². The van der Waals surface area contributed by atoms with Crippen LogP contribution in [-0.2, 0) is 0 Å². The van der Waals surface area contributed by atoms with E-state index < -0.39 is 0 Å². The topological polar surface area (TPSA) is 38.6 Å². The van der Waals surface area contributed by atoms with Gasteiger partial charge in [-0.05, 0) is 60.7 Å². The third-order valence-corrected chi connectivity index (χ3v) is 4.81. The maximum atomic E-state index is 6.21. The normalized spacial score (nSPS) is 10.9. The molecule has 0 radical (unpaired) electrons. The van der Waals surface area contributed by atoms with Gasteiger partial charge in [0.2, 0.25) is 0 Å². The molecule has 1 N–H and O–H groups in total. The molecule has 0 aliphatic rings. The molecule has 0 amide bonds. The molecule has 4 nitrogen and oxygen atoms in total. The lowest BCUT2D eigenvalue weighted by atomic mass is 10.1. The van der Waals surface area contributed by atoms with Crippen molar-refractivity contribution in [2.45, 2.75) is 0 Å². The van der Waals surface area contributed by atoms with E-state index in [-0.39, 0.29) is 0 Å². The minimum Gasteiger partial charge on any atom is -0.497 e. The van der Waals surface area contributed by atoms with Crippen molar-refractivity contribution in [2.24, 2.45) is 0 Å². The lowest BCUT2D eigenvalue weighted by Crippen LogP contribution is -1.97. The van der Waals surface area contributed by atoms with Crippen molar-refractivity contribution in [3.05, 3.63) is 76.4 Å². The number of hydrogen-bond donors (Lipinski definition) is 1. The molecule has 4 aromatic rings. The molecule has 0 unspecified atom stereocenters. The minimum atomic E-state index is 0.648. The molecule has 0 fully saturated rings. The first-order valence-corrected chi connectivity index (χ1v) is 9.16. The number of rotatable bonds is 4. The number of nitrogens with one attached hydrogen (secondary N) is 1. The Kier molecular flexibility index (Phi) is 4.57. The summed E-state index contributed by atoms with van der Waals surface area (Å²) in [5.74, 6) is 1.66. The summed E-state index contributed by atoms with van der Waals surface area (Å²) in [7, 11) is 1.66. The predicted molar refractivity (Wildman–Crippen MR) is 110 cm³/mol. The van der Waals surface area contributed by atoms with Gasteiger partial charge in [0.1, 0.15) is 22.9 Å². The van der Waals surface area contributed by atoms with Gasteiger partial charge in [-0.1, -0.05) is 27.5 Å². The molecule has 0 aliphatic carbocycles. The van der Waals surface area contributed by atoms with Crippen molar-refractivity contribution < 1.29 is 4.74 Å². The zero-order chi connectivity index (χ0) is 18.1. The average molecular weight is 429 g/mol. The van der Waals surface area contributed by atoms with Crippen molar-refractivity contribution in [2.75, 3.05) is 12.4 Å². The van der Waals surface area contributed by atoms with Crippen LogP contribution in [0.4, 0.5) is 11.5 Å². The van der Waals surface area contributed by atoms with Crippen molar-refractivity contribution in [3.8, 4) is 17.0 Å². The van der Waals surface area contributed by atoms with Crippen molar-refractivity contribution in [1.29, 1.82) is 0 Å². The first kappa shape index (κ1) is 16.9. The first-order valence-electron chi connectivity index (χ1n) is 7.99. The highest BCUT2D eigenvalue weighted by atomic mass is 79.9. The number of ether oxygens (including phenoxy) is 1. The van der Waals surface area contributed by atoms with Gasteiger partial charge in [0.05, 0.1) is 12.1 Å². The Labute approximate surface area is 164 Å². The van der Waals surface area contributed by atoms with E-state index in [9.17, 15) is 0 Å². The molecule has 0 bridgehead atoms. The van der Waals surface area contributed by atoms with Crippen LogP contribution in [-0.4, -0.2) is 16.5 Å². The molecule has 0 atom stereocenters. The van der Waals surface area contributed by atoms with Gasteiger partial charge in [-0.15, -0.1) is 0 Å². The lowest BCUT2D eigenvalue weighted by molar-refractivity contribution is 0.415. The zero-order valence-corrected chi connectivity index (χ0v) is 16.3. The van der Waals surface area contributed by atoms with Gasteiger partial charge in [-0.25, -0.2) is 4.98 Å². The molecule has 0 saturated heterocycles. The monoisotopic (exact) mass is 427 g/mol. The van der Waals surface area contributed by atoms with Gasteiger partial charge in [-0.3, -0.25) is 4.40 Å². The molecular weight excluding hydrogens is 414 g/mol. The van der Waals surface area contributed by atoms with Gasteiger partial charge in [0.25, 0.3) is 0 Å². The second kappa shape index (κ2) is 7.02. The van der Waals surface area contributed by atoms with E-state index in [1.807, 2.05) is 71.3 Å². The van der Waals surface area contributed by atoms with Gasteiger partial charge >= 0.3 is 0 Å². The fraction of sp³-hybridized carbons (Fsp3) is 0.0500. The summed E-state index contributed by atoms with van der Waals surface area (Å²) < 4.78 is 8.24. The Morgan fingerprint density at radius 1 is 1.00 bits per heavy atom. The molecule has 130 valence electrons. The Morgan fingerprint density at radius 2 is 1.73 bits per heavy atom. The van der Waals surface area contributed by atoms with Crippen LogP contribution in [0.15, 0.2) is 71.3 Å². The van der Waals surface area contributed by atoms with Crippen LogP contribution in [0.2, 0.25) is 5.02 Å². The molecule has 26 heavy (non-hydrogen) atoms. The van der Waals surface area contributed by atoms with Gasteiger partial charge in [0, 0.05) is 21.9 Å². The van der Waals surface area contributed by atoms with Crippen LogP contribution >= 0.6 is 27.5 Å². The number of nitrogens with zero attached hydrogens (tertiary/aromatic N) is 2. The van der Waals surface area contributed by atoms with E-state index in [1.54, 1.807) is 7.11 Å². The maximum Gasteiger partial charge on any atom is 0.143 e. The quantitative estimate of drug-likeness (QED) is 0.422. The Morgan fingerprint density at radius 3 is 2.42 bits per heavy atom. The average Bonchev–Trinajstić information content (AvgIpc) is 3.01. The number of aromatic nitrogens is 2. The highest BCUT2D eigenvalue weighted by Crippen LogP contribution is 2.33. The number of anilines is 2. The Balaban J connectivity index is 1.86. The largest absolute Gasteiger partial charge is 0.497 e.